The molecule has 1 aromatic carbocycles. The number of rotatable bonds is 1. The SMILES string of the molecule is Cc1ccc(Cl)c([N+](=O)[O-])c1Cl. The molecule has 0 unspecified atom stereocenters. The van der Waals surface area contributed by atoms with Crippen molar-refractivity contribution in [2.75, 3.05) is 0 Å². The van der Waals surface area contributed by atoms with Crippen molar-refractivity contribution in [1.82, 2.24) is 0 Å². The van der Waals surface area contributed by atoms with Crippen LogP contribution in [0.4, 0.5) is 5.69 Å². The molecule has 0 aliphatic rings. The molecule has 0 aliphatic heterocycles. The standard InChI is InChI=1S/C7H5Cl2NO2/c1-4-2-3-5(8)7(6(4)9)10(11)12/h2-3H,1H3. The minimum Gasteiger partial charge on any atom is -0.258 e. The maximum absolute atomic E-state index is 10.4. The van der Waals surface area contributed by atoms with Crippen LogP contribution in [0.25, 0.3) is 0 Å². The zero-order valence-corrected chi connectivity index (χ0v) is 7.69. The van der Waals surface area contributed by atoms with Gasteiger partial charge in [-0.1, -0.05) is 29.3 Å². The fraction of sp³-hybridized carbons (Fsp3) is 0.143. The molecule has 1 aromatic rings. The van der Waals surface area contributed by atoms with E-state index in [9.17, 15) is 10.1 Å². The molecule has 0 spiro atoms. The number of nitro benzene ring substituents is 1. The van der Waals surface area contributed by atoms with Crippen molar-refractivity contribution >= 4 is 28.9 Å². The fourth-order valence-corrected chi connectivity index (χ4v) is 1.32. The molecule has 0 saturated heterocycles. The van der Waals surface area contributed by atoms with Crippen molar-refractivity contribution in [1.29, 1.82) is 0 Å². The maximum Gasteiger partial charge on any atom is 0.306 e. The van der Waals surface area contributed by atoms with E-state index in [4.69, 9.17) is 23.2 Å². The molecule has 0 fully saturated rings. The summed E-state index contributed by atoms with van der Waals surface area (Å²) in [5, 5.41) is 10.6. The van der Waals surface area contributed by atoms with Crippen LogP contribution in [0.5, 0.6) is 0 Å². The van der Waals surface area contributed by atoms with Gasteiger partial charge in [0.1, 0.15) is 10.0 Å². The molecule has 12 heavy (non-hydrogen) atoms. The first-order valence-electron chi connectivity index (χ1n) is 3.13. The van der Waals surface area contributed by atoms with Gasteiger partial charge >= 0.3 is 5.69 Å². The van der Waals surface area contributed by atoms with Crippen LogP contribution in [0.15, 0.2) is 12.1 Å². The van der Waals surface area contributed by atoms with E-state index in [0.29, 0.717) is 5.56 Å². The molecule has 0 heterocycles. The molecule has 5 heteroatoms. The molecule has 0 bridgehead atoms. The highest BCUT2D eigenvalue weighted by Crippen LogP contribution is 2.34. The van der Waals surface area contributed by atoms with Crippen LogP contribution in [-0.4, -0.2) is 4.92 Å². The van der Waals surface area contributed by atoms with Gasteiger partial charge in [-0.05, 0) is 18.6 Å². The van der Waals surface area contributed by atoms with Gasteiger partial charge in [0.05, 0.1) is 4.92 Å². The number of hydrogen-bond acceptors (Lipinski definition) is 2. The van der Waals surface area contributed by atoms with Crippen molar-refractivity contribution in [3.8, 4) is 0 Å². The van der Waals surface area contributed by atoms with Crippen molar-refractivity contribution in [3.05, 3.63) is 37.9 Å². The van der Waals surface area contributed by atoms with Gasteiger partial charge in [-0.15, -0.1) is 0 Å². The van der Waals surface area contributed by atoms with E-state index in [2.05, 4.69) is 0 Å². The third kappa shape index (κ3) is 1.52. The molecule has 1 rings (SSSR count). The van der Waals surface area contributed by atoms with Gasteiger partial charge in [-0.2, -0.15) is 0 Å². The summed E-state index contributed by atoms with van der Waals surface area (Å²) in [4.78, 5) is 9.85. The lowest BCUT2D eigenvalue weighted by Crippen LogP contribution is -1.91. The largest absolute Gasteiger partial charge is 0.306 e. The first-order chi connectivity index (χ1) is 5.54. The first kappa shape index (κ1) is 9.29. The Labute approximate surface area is 79.1 Å². The van der Waals surface area contributed by atoms with Gasteiger partial charge in [-0.3, -0.25) is 10.1 Å². The Kier molecular flexibility index (Phi) is 2.55. The van der Waals surface area contributed by atoms with Crippen LogP contribution >= 0.6 is 23.2 Å². The zero-order valence-electron chi connectivity index (χ0n) is 6.17. The topological polar surface area (TPSA) is 43.1 Å². The maximum atomic E-state index is 10.4. The lowest BCUT2D eigenvalue weighted by molar-refractivity contribution is -0.384. The summed E-state index contributed by atoms with van der Waals surface area (Å²) in [6.45, 7) is 1.69. The summed E-state index contributed by atoms with van der Waals surface area (Å²) in [5.74, 6) is 0. The second-order valence-corrected chi connectivity index (χ2v) is 3.07. The van der Waals surface area contributed by atoms with Crippen LogP contribution in [0, 0.1) is 17.0 Å². The van der Waals surface area contributed by atoms with E-state index in [1.807, 2.05) is 0 Å². The van der Waals surface area contributed by atoms with Crippen LogP contribution in [0.3, 0.4) is 0 Å². The highest BCUT2D eigenvalue weighted by Gasteiger charge is 2.18. The lowest BCUT2D eigenvalue weighted by atomic mass is 10.2. The predicted molar refractivity (Wildman–Crippen MR) is 47.9 cm³/mol. The summed E-state index contributed by atoms with van der Waals surface area (Å²) >= 11 is 11.2. The average Bonchev–Trinajstić information content (AvgIpc) is 1.97. The Morgan fingerprint density at radius 3 is 2.42 bits per heavy atom. The lowest BCUT2D eigenvalue weighted by Gasteiger charge is -1.99. The minimum absolute atomic E-state index is 0.0654. The van der Waals surface area contributed by atoms with Crippen LogP contribution in [-0.2, 0) is 0 Å². The number of nitrogens with zero attached hydrogens (tertiary/aromatic N) is 1. The number of aryl methyl sites for hydroxylation is 1. The van der Waals surface area contributed by atoms with E-state index in [0.717, 1.165) is 0 Å². The Bertz CT molecular complexity index is 338. The zero-order chi connectivity index (χ0) is 9.30. The molecule has 0 atom stereocenters. The van der Waals surface area contributed by atoms with Gasteiger partial charge in [-0.25, -0.2) is 0 Å². The molecule has 0 radical (unpaired) electrons. The van der Waals surface area contributed by atoms with E-state index < -0.39 is 4.92 Å². The molecule has 0 amide bonds. The summed E-state index contributed by atoms with van der Waals surface area (Å²) in [7, 11) is 0. The highest BCUT2D eigenvalue weighted by molar-refractivity contribution is 6.38. The summed E-state index contributed by atoms with van der Waals surface area (Å²) in [5.41, 5.74) is 0.422. The Hall–Kier alpha value is -0.800. The Balaban J connectivity index is 3.43. The van der Waals surface area contributed by atoms with Crippen molar-refractivity contribution in [2.45, 2.75) is 6.92 Å². The van der Waals surface area contributed by atoms with Crippen molar-refractivity contribution in [2.24, 2.45) is 0 Å². The van der Waals surface area contributed by atoms with Gasteiger partial charge in [0.25, 0.3) is 0 Å². The van der Waals surface area contributed by atoms with Gasteiger partial charge in [0.15, 0.2) is 0 Å². The third-order valence-corrected chi connectivity index (χ3v) is 2.22. The van der Waals surface area contributed by atoms with Crippen molar-refractivity contribution in [3.63, 3.8) is 0 Å². The van der Waals surface area contributed by atoms with E-state index in [1.54, 1.807) is 13.0 Å². The van der Waals surface area contributed by atoms with Crippen molar-refractivity contribution < 1.29 is 4.92 Å². The Morgan fingerprint density at radius 2 is 2.00 bits per heavy atom. The number of halogens is 2. The van der Waals surface area contributed by atoms with Gasteiger partial charge < -0.3 is 0 Å². The van der Waals surface area contributed by atoms with Crippen LogP contribution in [0.1, 0.15) is 5.56 Å². The molecule has 0 aromatic heterocycles. The Morgan fingerprint density at radius 1 is 1.42 bits per heavy atom. The molecule has 0 aliphatic carbocycles. The minimum atomic E-state index is -0.586. The normalized spacial score (nSPS) is 9.92. The smallest absolute Gasteiger partial charge is 0.258 e. The van der Waals surface area contributed by atoms with Gasteiger partial charge in [0, 0.05) is 0 Å². The molecule has 0 saturated carbocycles. The van der Waals surface area contributed by atoms with E-state index in [-0.39, 0.29) is 15.7 Å². The fourth-order valence-electron chi connectivity index (χ4n) is 0.809. The molecule has 3 nitrogen and oxygen atoms in total. The average molecular weight is 206 g/mol. The monoisotopic (exact) mass is 205 g/mol. The highest BCUT2D eigenvalue weighted by atomic mass is 35.5. The molecular formula is C7H5Cl2NO2. The second kappa shape index (κ2) is 3.29. The summed E-state index contributed by atoms with van der Waals surface area (Å²) in [6, 6.07) is 3.10. The van der Waals surface area contributed by atoms with E-state index >= 15 is 0 Å². The van der Waals surface area contributed by atoms with E-state index in [1.165, 1.54) is 6.07 Å². The number of benzene rings is 1. The number of hydrogen-bond donors (Lipinski definition) is 0. The molecule has 64 valence electrons. The number of nitro groups is 1. The third-order valence-electron chi connectivity index (χ3n) is 1.44. The predicted octanol–water partition coefficient (Wildman–Crippen LogP) is 3.21. The summed E-state index contributed by atoms with van der Waals surface area (Å²) < 4.78 is 0. The van der Waals surface area contributed by atoms with Gasteiger partial charge in [0.2, 0.25) is 0 Å². The first-order valence-corrected chi connectivity index (χ1v) is 3.88. The van der Waals surface area contributed by atoms with Crippen LogP contribution in [0.2, 0.25) is 10.0 Å². The van der Waals surface area contributed by atoms with Crippen LogP contribution < -0.4 is 0 Å². The molecular weight excluding hydrogens is 201 g/mol. The summed E-state index contributed by atoms with van der Waals surface area (Å²) in [6.07, 6.45) is 0. The molecule has 0 N–H and O–H groups in total. The quantitative estimate of drug-likeness (QED) is 0.522. The second-order valence-electron chi connectivity index (χ2n) is 2.28.